The van der Waals surface area contributed by atoms with Crippen molar-refractivity contribution in [2.24, 2.45) is 5.73 Å². The largest absolute Gasteiger partial charge is 0.368 e. The standard InChI is InChI=1S/C12H24N3O/c1-10(2)9-14-5-7-15(8-6-14)12(3,4)11(13)16/h5-9H2,1-4H3,(H2,13,16). The third-order valence-corrected chi connectivity index (χ3v) is 3.31. The van der Waals surface area contributed by atoms with Gasteiger partial charge in [0.05, 0.1) is 5.54 Å². The number of carbonyl (C=O) groups excluding carboxylic acids is 1. The van der Waals surface area contributed by atoms with Crippen LogP contribution in [0.1, 0.15) is 27.7 Å². The molecule has 1 heterocycles. The summed E-state index contributed by atoms with van der Waals surface area (Å²) in [5.74, 6) is 1.20. The van der Waals surface area contributed by atoms with Gasteiger partial charge in [-0.05, 0) is 19.8 Å². The predicted octanol–water partition coefficient (Wildman–Crippen LogP) is 0.482. The van der Waals surface area contributed by atoms with Crippen molar-refractivity contribution in [3.63, 3.8) is 0 Å². The van der Waals surface area contributed by atoms with Crippen molar-refractivity contribution in [2.75, 3.05) is 32.7 Å². The minimum absolute atomic E-state index is 0.237. The average molecular weight is 226 g/mol. The molecule has 0 aromatic carbocycles. The number of hydrogen-bond acceptors (Lipinski definition) is 3. The van der Waals surface area contributed by atoms with E-state index in [2.05, 4.69) is 23.6 Å². The number of rotatable bonds is 4. The van der Waals surface area contributed by atoms with Crippen LogP contribution in [0.2, 0.25) is 0 Å². The number of amides is 1. The van der Waals surface area contributed by atoms with Crippen LogP contribution in [0.4, 0.5) is 0 Å². The van der Waals surface area contributed by atoms with Gasteiger partial charge in [0.2, 0.25) is 5.91 Å². The van der Waals surface area contributed by atoms with Gasteiger partial charge < -0.3 is 10.6 Å². The average Bonchev–Trinajstić information content (AvgIpc) is 2.17. The second kappa shape index (κ2) is 5.15. The van der Waals surface area contributed by atoms with Gasteiger partial charge in [-0.2, -0.15) is 0 Å². The Morgan fingerprint density at radius 1 is 1.19 bits per heavy atom. The molecular formula is C12H24N3O. The van der Waals surface area contributed by atoms with Crippen LogP contribution in [0.15, 0.2) is 0 Å². The van der Waals surface area contributed by atoms with E-state index < -0.39 is 5.54 Å². The van der Waals surface area contributed by atoms with Gasteiger partial charge in [-0.25, -0.2) is 0 Å². The lowest BCUT2D eigenvalue weighted by molar-refractivity contribution is -0.129. The van der Waals surface area contributed by atoms with Crippen molar-refractivity contribution in [1.82, 2.24) is 9.80 Å². The molecule has 0 aromatic heterocycles. The molecule has 1 amide bonds. The molecule has 1 aliphatic heterocycles. The lowest BCUT2D eigenvalue weighted by atomic mass is 10.0. The highest BCUT2D eigenvalue weighted by molar-refractivity contribution is 5.83. The van der Waals surface area contributed by atoms with E-state index >= 15 is 0 Å². The first-order valence-electron chi connectivity index (χ1n) is 5.90. The number of hydrogen-bond donors (Lipinski definition) is 1. The summed E-state index contributed by atoms with van der Waals surface area (Å²) in [6, 6.07) is 0. The topological polar surface area (TPSA) is 49.6 Å². The third-order valence-electron chi connectivity index (χ3n) is 3.31. The summed E-state index contributed by atoms with van der Waals surface area (Å²) in [7, 11) is 0. The fourth-order valence-electron chi connectivity index (χ4n) is 2.07. The van der Waals surface area contributed by atoms with Crippen LogP contribution in [0.3, 0.4) is 0 Å². The van der Waals surface area contributed by atoms with Gasteiger partial charge in [0.15, 0.2) is 0 Å². The summed E-state index contributed by atoms with van der Waals surface area (Å²) in [5.41, 5.74) is 4.90. The van der Waals surface area contributed by atoms with Crippen LogP contribution in [0.5, 0.6) is 0 Å². The lowest BCUT2D eigenvalue weighted by Crippen LogP contribution is -2.59. The molecule has 1 rings (SSSR count). The van der Waals surface area contributed by atoms with Gasteiger partial charge in [0.1, 0.15) is 0 Å². The summed E-state index contributed by atoms with van der Waals surface area (Å²) in [5, 5.41) is 0. The highest BCUT2D eigenvalue weighted by Crippen LogP contribution is 2.17. The number of carbonyl (C=O) groups is 1. The SMILES string of the molecule is C[C](C)CN1CCN(C(C)(C)C(N)=O)CC1. The van der Waals surface area contributed by atoms with Crippen molar-refractivity contribution in [3.8, 4) is 0 Å². The van der Waals surface area contributed by atoms with E-state index in [0.29, 0.717) is 0 Å². The van der Waals surface area contributed by atoms with Gasteiger partial charge in [-0.15, -0.1) is 0 Å². The quantitative estimate of drug-likeness (QED) is 0.758. The molecule has 0 unspecified atom stereocenters. The Kier molecular flexibility index (Phi) is 4.33. The minimum atomic E-state index is -0.517. The highest BCUT2D eigenvalue weighted by atomic mass is 16.1. The third kappa shape index (κ3) is 3.19. The van der Waals surface area contributed by atoms with Gasteiger partial charge in [0, 0.05) is 32.7 Å². The molecule has 1 radical (unpaired) electrons. The molecule has 0 aliphatic carbocycles. The summed E-state index contributed by atoms with van der Waals surface area (Å²) in [6.07, 6.45) is 0. The maximum Gasteiger partial charge on any atom is 0.237 e. The van der Waals surface area contributed by atoms with E-state index in [1.807, 2.05) is 13.8 Å². The molecule has 4 nitrogen and oxygen atoms in total. The molecule has 4 heteroatoms. The molecular weight excluding hydrogens is 202 g/mol. The Morgan fingerprint density at radius 2 is 1.69 bits per heavy atom. The zero-order chi connectivity index (χ0) is 12.3. The first kappa shape index (κ1) is 13.5. The Bertz CT molecular complexity index is 243. The second-order valence-corrected chi connectivity index (χ2v) is 5.39. The fraction of sp³-hybridized carbons (Fsp3) is 0.833. The smallest absolute Gasteiger partial charge is 0.237 e. The molecule has 0 atom stereocenters. The monoisotopic (exact) mass is 226 g/mol. The van der Waals surface area contributed by atoms with Gasteiger partial charge in [-0.1, -0.05) is 13.8 Å². The normalized spacial score (nSPS) is 20.3. The predicted molar refractivity (Wildman–Crippen MR) is 65.9 cm³/mol. The van der Waals surface area contributed by atoms with Crippen LogP contribution in [-0.2, 0) is 4.79 Å². The number of primary amides is 1. The first-order valence-corrected chi connectivity index (χ1v) is 5.90. The second-order valence-electron chi connectivity index (χ2n) is 5.39. The van der Waals surface area contributed by atoms with Crippen LogP contribution >= 0.6 is 0 Å². The van der Waals surface area contributed by atoms with Gasteiger partial charge in [-0.3, -0.25) is 9.69 Å². The molecule has 0 bridgehead atoms. The molecule has 0 aromatic rings. The zero-order valence-corrected chi connectivity index (χ0v) is 10.9. The van der Waals surface area contributed by atoms with Gasteiger partial charge >= 0.3 is 0 Å². The van der Waals surface area contributed by atoms with Crippen molar-refractivity contribution < 1.29 is 4.79 Å². The molecule has 1 aliphatic rings. The van der Waals surface area contributed by atoms with Crippen LogP contribution in [0, 0.1) is 5.92 Å². The maximum absolute atomic E-state index is 11.3. The van der Waals surface area contributed by atoms with E-state index in [1.54, 1.807) is 0 Å². The van der Waals surface area contributed by atoms with E-state index in [9.17, 15) is 4.79 Å². The maximum atomic E-state index is 11.3. The highest BCUT2D eigenvalue weighted by Gasteiger charge is 2.34. The number of nitrogens with zero attached hydrogens (tertiary/aromatic N) is 2. The van der Waals surface area contributed by atoms with Crippen LogP contribution in [0.25, 0.3) is 0 Å². The number of nitrogens with two attached hydrogens (primary N) is 1. The van der Waals surface area contributed by atoms with Crippen LogP contribution in [-0.4, -0.2) is 54.0 Å². The molecule has 1 fully saturated rings. The van der Waals surface area contributed by atoms with Crippen LogP contribution < -0.4 is 5.73 Å². The van der Waals surface area contributed by atoms with Crippen molar-refractivity contribution in [2.45, 2.75) is 33.2 Å². The molecule has 0 spiro atoms. The Morgan fingerprint density at radius 3 is 2.06 bits per heavy atom. The zero-order valence-electron chi connectivity index (χ0n) is 10.9. The molecule has 2 N–H and O–H groups in total. The Hall–Kier alpha value is -0.610. The molecule has 93 valence electrons. The Balaban J connectivity index is 2.46. The van der Waals surface area contributed by atoms with E-state index in [0.717, 1.165) is 32.7 Å². The van der Waals surface area contributed by atoms with E-state index in [1.165, 1.54) is 5.92 Å². The summed E-state index contributed by atoms with van der Waals surface area (Å²) < 4.78 is 0. The summed E-state index contributed by atoms with van der Waals surface area (Å²) in [6.45, 7) is 13.0. The van der Waals surface area contributed by atoms with E-state index in [-0.39, 0.29) is 5.91 Å². The number of piperazine rings is 1. The Labute approximate surface area is 98.8 Å². The molecule has 0 saturated carbocycles. The van der Waals surface area contributed by atoms with E-state index in [4.69, 9.17) is 5.73 Å². The fourth-order valence-corrected chi connectivity index (χ4v) is 2.07. The lowest BCUT2D eigenvalue weighted by Gasteiger charge is -2.42. The molecule has 1 saturated heterocycles. The first-order chi connectivity index (χ1) is 7.34. The van der Waals surface area contributed by atoms with Crippen molar-refractivity contribution in [1.29, 1.82) is 0 Å². The minimum Gasteiger partial charge on any atom is -0.368 e. The summed E-state index contributed by atoms with van der Waals surface area (Å²) in [4.78, 5) is 15.9. The van der Waals surface area contributed by atoms with Crippen molar-refractivity contribution >= 4 is 5.91 Å². The van der Waals surface area contributed by atoms with Gasteiger partial charge in [0.25, 0.3) is 0 Å². The molecule has 16 heavy (non-hydrogen) atoms. The van der Waals surface area contributed by atoms with Crippen molar-refractivity contribution in [3.05, 3.63) is 5.92 Å². The summed E-state index contributed by atoms with van der Waals surface area (Å²) >= 11 is 0.